The van der Waals surface area contributed by atoms with Crippen LogP contribution in [-0.2, 0) is 10.9 Å². The molecule has 4 aromatic rings. The molecule has 1 aliphatic heterocycles. The Hall–Kier alpha value is -3.28. The van der Waals surface area contributed by atoms with E-state index >= 15 is 0 Å². The number of morpholine rings is 1. The van der Waals surface area contributed by atoms with Gasteiger partial charge in [0.1, 0.15) is 5.52 Å². The lowest BCUT2D eigenvalue weighted by Gasteiger charge is -2.27. The Morgan fingerprint density at radius 3 is 2.26 bits per heavy atom. The quantitative estimate of drug-likeness (QED) is 0.295. The number of aromatic nitrogens is 4. The number of para-hydroxylation sites is 1. The summed E-state index contributed by atoms with van der Waals surface area (Å²) in [5.41, 5.74) is 0.946. The second kappa shape index (κ2) is 9.40. The van der Waals surface area contributed by atoms with Gasteiger partial charge in [-0.05, 0) is 36.4 Å². The minimum atomic E-state index is -4.42. The number of fused-ring (bicyclic) bond motifs is 1. The van der Waals surface area contributed by atoms with Crippen molar-refractivity contribution in [2.45, 2.75) is 6.18 Å². The Bertz CT molecular complexity index is 1340. The fourth-order valence-corrected chi connectivity index (χ4v) is 4.05. The first kappa shape index (κ1) is 23.5. The van der Waals surface area contributed by atoms with Crippen LogP contribution in [-0.4, -0.2) is 46.2 Å². The minimum Gasteiger partial charge on any atom is -0.378 e. The average Bonchev–Trinajstić information content (AvgIpc) is 3.25. The van der Waals surface area contributed by atoms with Gasteiger partial charge in [0.2, 0.25) is 11.9 Å². The third kappa shape index (κ3) is 5.07. The van der Waals surface area contributed by atoms with Crippen LogP contribution in [0.3, 0.4) is 0 Å². The molecule has 0 radical (unpaired) electrons. The number of imidazole rings is 1. The van der Waals surface area contributed by atoms with E-state index in [1.54, 1.807) is 18.2 Å². The summed E-state index contributed by atoms with van der Waals surface area (Å²) in [5, 5.41) is 6.94. The largest absolute Gasteiger partial charge is 0.416 e. The predicted molar refractivity (Wildman–Crippen MR) is 129 cm³/mol. The van der Waals surface area contributed by atoms with Crippen LogP contribution in [0.2, 0.25) is 10.0 Å². The molecule has 0 saturated carbocycles. The number of H-pyrrole nitrogens is 1. The maximum absolute atomic E-state index is 13.0. The van der Waals surface area contributed by atoms with Crippen LogP contribution < -0.4 is 15.5 Å². The smallest absolute Gasteiger partial charge is 0.378 e. The Morgan fingerprint density at radius 2 is 1.60 bits per heavy atom. The molecule has 1 saturated heterocycles. The third-order valence-electron chi connectivity index (χ3n) is 5.31. The molecule has 3 N–H and O–H groups in total. The fraction of sp³-hybridized carbons (Fsp3) is 0.227. The Morgan fingerprint density at radius 1 is 0.914 bits per heavy atom. The highest BCUT2D eigenvalue weighted by atomic mass is 35.5. The summed E-state index contributed by atoms with van der Waals surface area (Å²) in [4.78, 5) is 18.8. The lowest BCUT2D eigenvalue weighted by molar-refractivity contribution is -0.137. The second-order valence-electron chi connectivity index (χ2n) is 7.68. The molecule has 182 valence electrons. The molecule has 0 aliphatic carbocycles. The topological polar surface area (TPSA) is 91.0 Å². The number of rotatable bonds is 5. The van der Waals surface area contributed by atoms with E-state index in [0.29, 0.717) is 76.6 Å². The fourth-order valence-electron chi connectivity index (χ4n) is 3.56. The number of nitrogens with zero attached hydrogens (tertiary/aromatic N) is 4. The highest BCUT2D eigenvalue weighted by Gasteiger charge is 2.30. The molecule has 2 aromatic heterocycles. The Labute approximate surface area is 207 Å². The summed E-state index contributed by atoms with van der Waals surface area (Å²) >= 11 is 12.5. The Kier molecular flexibility index (Phi) is 6.30. The molecule has 5 rings (SSSR count). The molecule has 0 amide bonds. The lowest BCUT2D eigenvalue weighted by atomic mass is 10.2. The van der Waals surface area contributed by atoms with Gasteiger partial charge in [-0.2, -0.15) is 28.1 Å². The molecule has 0 unspecified atom stereocenters. The second-order valence-corrected chi connectivity index (χ2v) is 8.49. The van der Waals surface area contributed by atoms with Gasteiger partial charge in [0.05, 0.1) is 34.5 Å². The molecule has 2 aromatic carbocycles. The third-order valence-corrected chi connectivity index (χ3v) is 5.94. The first-order valence-electron chi connectivity index (χ1n) is 10.5. The van der Waals surface area contributed by atoms with Crippen LogP contribution in [0.25, 0.3) is 11.2 Å². The van der Waals surface area contributed by atoms with Gasteiger partial charge in [0.15, 0.2) is 11.5 Å². The number of benzene rings is 2. The summed E-state index contributed by atoms with van der Waals surface area (Å²) in [6.45, 7) is 2.24. The maximum Gasteiger partial charge on any atom is 0.416 e. The van der Waals surface area contributed by atoms with Crippen molar-refractivity contribution in [3.63, 3.8) is 0 Å². The van der Waals surface area contributed by atoms with Gasteiger partial charge in [-0.3, -0.25) is 0 Å². The van der Waals surface area contributed by atoms with E-state index < -0.39 is 11.7 Å². The monoisotopic (exact) mass is 523 g/mol. The summed E-state index contributed by atoms with van der Waals surface area (Å²) < 4.78 is 44.3. The SMILES string of the molecule is FC(F)(F)c1ccc(Nc2nc(N3CCOCC3)nc3nc(Nc4c(Cl)cccc4Cl)[nH]c23)cc1. The summed E-state index contributed by atoms with van der Waals surface area (Å²) in [6.07, 6.45) is -4.42. The van der Waals surface area contributed by atoms with E-state index in [1.165, 1.54) is 12.1 Å². The van der Waals surface area contributed by atoms with Crippen LogP contribution in [0, 0.1) is 0 Å². The van der Waals surface area contributed by atoms with Gasteiger partial charge >= 0.3 is 6.18 Å². The molecule has 0 spiro atoms. The molecular formula is C22H18Cl2F3N7O. The van der Waals surface area contributed by atoms with Crippen LogP contribution >= 0.6 is 23.2 Å². The van der Waals surface area contributed by atoms with Gasteiger partial charge in [-0.25, -0.2) is 0 Å². The van der Waals surface area contributed by atoms with E-state index in [4.69, 9.17) is 27.9 Å². The van der Waals surface area contributed by atoms with Crippen LogP contribution in [0.4, 0.5) is 42.3 Å². The normalized spacial score (nSPS) is 14.4. The van der Waals surface area contributed by atoms with E-state index in [0.717, 1.165) is 12.1 Å². The zero-order valence-corrected chi connectivity index (χ0v) is 19.5. The van der Waals surface area contributed by atoms with Crippen molar-refractivity contribution in [3.05, 3.63) is 58.1 Å². The van der Waals surface area contributed by atoms with E-state index in [9.17, 15) is 13.2 Å². The van der Waals surface area contributed by atoms with Gasteiger partial charge in [-0.15, -0.1) is 0 Å². The van der Waals surface area contributed by atoms with E-state index in [2.05, 4.69) is 30.6 Å². The summed E-state index contributed by atoms with van der Waals surface area (Å²) in [6, 6.07) is 9.78. The first-order valence-corrected chi connectivity index (χ1v) is 11.3. The molecule has 1 fully saturated rings. The van der Waals surface area contributed by atoms with Crippen molar-refractivity contribution in [2.75, 3.05) is 41.8 Å². The van der Waals surface area contributed by atoms with Crippen molar-refractivity contribution in [1.82, 2.24) is 19.9 Å². The summed E-state index contributed by atoms with van der Waals surface area (Å²) in [7, 11) is 0. The van der Waals surface area contributed by atoms with E-state index in [1.807, 2.05) is 4.90 Å². The molecule has 1 aliphatic rings. The van der Waals surface area contributed by atoms with Gasteiger partial charge in [0, 0.05) is 18.8 Å². The van der Waals surface area contributed by atoms with Crippen LogP contribution in [0.1, 0.15) is 5.56 Å². The van der Waals surface area contributed by atoms with Gasteiger partial charge < -0.3 is 25.3 Å². The van der Waals surface area contributed by atoms with Crippen LogP contribution in [0.5, 0.6) is 0 Å². The number of nitrogens with one attached hydrogen (secondary N) is 3. The molecular weight excluding hydrogens is 506 g/mol. The summed E-state index contributed by atoms with van der Waals surface area (Å²) in [5.74, 6) is 1.09. The molecule has 8 nitrogen and oxygen atoms in total. The number of alkyl halides is 3. The lowest BCUT2D eigenvalue weighted by Crippen LogP contribution is -2.37. The van der Waals surface area contributed by atoms with Gasteiger partial charge in [0.25, 0.3) is 0 Å². The highest BCUT2D eigenvalue weighted by Crippen LogP contribution is 2.34. The van der Waals surface area contributed by atoms with Crippen molar-refractivity contribution < 1.29 is 17.9 Å². The van der Waals surface area contributed by atoms with Crippen LogP contribution in [0.15, 0.2) is 42.5 Å². The predicted octanol–water partition coefficient (Wildman–Crippen LogP) is 6.00. The molecule has 35 heavy (non-hydrogen) atoms. The van der Waals surface area contributed by atoms with Gasteiger partial charge in [-0.1, -0.05) is 29.3 Å². The number of halogens is 5. The minimum absolute atomic E-state index is 0.318. The van der Waals surface area contributed by atoms with Crippen molar-refractivity contribution in [3.8, 4) is 0 Å². The molecule has 3 heterocycles. The molecule has 0 bridgehead atoms. The Balaban J connectivity index is 1.53. The average molecular weight is 524 g/mol. The number of aromatic amines is 1. The highest BCUT2D eigenvalue weighted by molar-refractivity contribution is 6.39. The number of hydrogen-bond donors (Lipinski definition) is 3. The number of anilines is 5. The van der Waals surface area contributed by atoms with Crippen molar-refractivity contribution in [2.24, 2.45) is 0 Å². The van der Waals surface area contributed by atoms with Crippen molar-refractivity contribution in [1.29, 1.82) is 0 Å². The number of ether oxygens (including phenoxy) is 1. The number of hydrogen-bond acceptors (Lipinski definition) is 7. The first-order chi connectivity index (χ1) is 16.8. The van der Waals surface area contributed by atoms with E-state index in [-0.39, 0.29) is 0 Å². The maximum atomic E-state index is 13.0. The zero-order chi connectivity index (χ0) is 24.6. The van der Waals surface area contributed by atoms with Crippen molar-refractivity contribution >= 4 is 63.5 Å². The molecule has 13 heteroatoms. The standard InChI is InChI=1S/C22H18Cl2F3N7O/c23-14-2-1-3-15(24)16(14)29-20-30-17-18(28-13-6-4-12(5-7-13)22(25,26)27)32-21(33-19(17)31-20)34-8-10-35-11-9-34/h1-7H,8-11H2,(H3,28,29,30,31,32,33). The zero-order valence-electron chi connectivity index (χ0n) is 18.0. The molecule has 0 atom stereocenters.